The monoisotopic (exact) mass is 443 g/mol. The van der Waals surface area contributed by atoms with Gasteiger partial charge in [0.15, 0.2) is 12.3 Å². The first kappa shape index (κ1) is 21.8. The first-order valence-electron chi connectivity index (χ1n) is 8.86. The number of carbonyl (C=O) groups is 2. The van der Waals surface area contributed by atoms with E-state index in [4.69, 9.17) is 16.3 Å². The summed E-state index contributed by atoms with van der Waals surface area (Å²) in [5, 5.41) is -0.113. The van der Waals surface area contributed by atoms with Crippen LogP contribution in [0.25, 0.3) is 0 Å². The molecule has 0 N–H and O–H groups in total. The number of pyridine rings is 1. The van der Waals surface area contributed by atoms with E-state index in [1.165, 1.54) is 17.3 Å². The van der Waals surface area contributed by atoms with Crippen LogP contribution < -0.4 is 4.90 Å². The molecule has 1 fully saturated rings. The number of esters is 1. The van der Waals surface area contributed by atoms with Gasteiger partial charge in [-0.1, -0.05) is 11.6 Å². The smallest absolute Gasteiger partial charge is 0.417 e. The van der Waals surface area contributed by atoms with Crippen molar-refractivity contribution in [2.24, 2.45) is 0 Å². The lowest BCUT2D eigenvalue weighted by Crippen LogP contribution is -2.50. The standard InChI is InChI=1S/C18H17ClF3N5O3/c1-11-7-24-14(9-23-11)17(29)30-10-15(28)26-2-4-27(5-3-26)16-13(19)6-12(8-25-16)18(20,21)22/h6-9H,2-5,10H2,1H3. The van der Waals surface area contributed by atoms with Gasteiger partial charge in [0.2, 0.25) is 0 Å². The van der Waals surface area contributed by atoms with Crippen LogP contribution in [0.3, 0.4) is 0 Å². The van der Waals surface area contributed by atoms with Crippen molar-refractivity contribution >= 4 is 29.3 Å². The Morgan fingerprint density at radius 2 is 1.80 bits per heavy atom. The van der Waals surface area contributed by atoms with Crippen LogP contribution in [0.2, 0.25) is 5.02 Å². The van der Waals surface area contributed by atoms with Crippen LogP contribution in [0.15, 0.2) is 24.7 Å². The van der Waals surface area contributed by atoms with E-state index in [0.29, 0.717) is 18.8 Å². The molecular weight excluding hydrogens is 427 g/mol. The summed E-state index contributed by atoms with van der Waals surface area (Å²) in [6, 6.07) is 0.828. The van der Waals surface area contributed by atoms with E-state index < -0.39 is 30.2 Å². The number of aromatic nitrogens is 3. The van der Waals surface area contributed by atoms with Gasteiger partial charge in [0.1, 0.15) is 5.82 Å². The first-order chi connectivity index (χ1) is 14.1. The molecule has 8 nitrogen and oxygen atoms in total. The zero-order valence-corrected chi connectivity index (χ0v) is 16.6. The van der Waals surface area contributed by atoms with Crippen LogP contribution in [0, 0.1) is 6.92 Å². The number of alkyl halides is 3. The van der Waals surface area contributed by atoms with Gasteiger partial charge in [0.25, 0.3) is 5.91 Å². The van der Waals surface area contributed by atoms with Crippen LogP contribution in [-0.2, 0) is 15.7 Å². The number of aryl methyl sites for hydroxylation is 1. The van der Waals surface area contributed by atoms with E-state index in [1.54, 1.807) is 11.8 Å². The second-order valence-corrected chi connectivity index (χ2v) is 6.92. The molecule has 0 radical (unpaired) electrons. The molecule has 0 atom stereocenters. The van der Waals surface area contributed by atoms with Crippen LogP contribution >= 0.6 is 11.6 Å². The second kappa shape index (κ2) is 8.82. The molecule has 160 valence electrons. The lowest BCUT2D eigenvalue weighted by molar-refractivity contribution is -0.138. The predicted molar refractivity (Wildman–Crippen MR) is 100 cm³/mol. The molecule has 1 aliphatic rings. The van der Waals surface area contributed by atoms with Gasteiger partial charge in [-0.05, 0) is 13.0 Å². The number of carbonyl (C=O) groups excluding carboxylic acids is 2. The highest BCUT2D eigenvalue weighted by atomic mass is 35.5. The number of halogens is 4. The predicted octanol–water partition coefficient (Wildman–Crippen LogP) is 2.36. The highest BCUT2D eigenvalue weighted by Gasteiger charge is 2.32. The maximum absolute atomic E-state index is 12.7. The Kier molecular flexibility index (Phi) is 6.40. The molecule has 3 heterocycles. The van der Waals surface area contributed by atoms with Crippen molar-refractivity contribution in [3.8, 4) is 0 Å². The number of piperazine rings is 1. The number of nitrogens with zero attached hydrogens (tertiary/aromatic N) is 5. The minimum atomic E-state index is -4.53. The zero-order chi connectivity index (χ0) is 21.9. The van der Waals surface area contributed by atoms with Gasteiger partial charge in [0, 0.05) is 38.6 Å². The van der Waals surface area contributed by atoms with Gasteiger partial charge < -0.3 is 14.5 Å². The summed E-state index contributed by atoms with van der Waals surface area (Å²) < 4.78 is 43.2. The van der Waals surface area contributed by atoms with Gasteiger partial charge in [-0.3, -0.25) is 9.78 Å². The third-order valence-corrected chi connectivity index (χ3v) is 4.68. The number of rotatable bonds is 4. The Morgan fingerprint density at radius 1 is 1.10 bits per heavy atom. The van der Waals surface area contributed by atoms with Crippen LogP contribution in [-0.4, -0.2) is 64.5 Å². The van der Waals surface area contributed by atoms with Crippen molar-refractivity contribution in [3.63, 3.8) is 0 Å². The van der Waals surface area contributed by atoms with Crippen LogP contribution in [0.4, 0.5) is 19.0 Å². The molecule has 0 spiro atoms. The van der Waals surface area contributed by atoms with Gasteiger partial charge in [-0.15, -0.1) is 0 Å². The summed E-state index contributed by atoms with van der Waals surface area (Å²) in [6.45, 7) is 2.47. The van der Waals surface area contributed by atoms with Gasteiger partial charge in [-0.25, -0.2) is 14.8 Å². The van der Waals surface area contributed by atoms with Crippen molar-refractivity contribution in [2.75, 3.05) is 37.7 Å². The molecule has 0 bridgehead atoms. The maximum Gasteiger partial charge on any atom is 0.417 e. The molecule has 30 heavy (non-hydrogen) atoms. The van der Waals surface area contributed by atoms with Crippen molar-refractivity contribution < 1.29 is 27.5 Å². The quantitative estimate of drug-likeness (QED) is 0.670. The summed E-state index contributed by atoms with van der Waals surface area (Å²) in [4.78, 5) is 39.0. The first-order valence-corrected chi connectivity index (χ1v) is 9.24. The lowest BCUT2D eigenvalue weighted by Gasteiger charge is -2.35. The number of anilines is 1. The number of amides is 1. The average molecular weight is 444 g/mol. The summed E-state index contributed by atoms with van der Waals surface area (Å²) >= 11 is 5.97. The molecule has 3 rings (SSSR count). The molecule has 1 aliphatic heterocycles. The number of hydrogen-bond acceptors (Lipinski definition) is 7. The van der Waals surface area contributed by atoms with Crippen LogP contribution in [0.5, 0.6) is 0 Å². The molecular formula is C18H17ClF3N5O3. The lowest BCUT2D eigenvalue weighted by atomic mass is 10.2. The largest absolute Gasteiger partial charge is 0.451 e. The topological polar surface area (TPSA) is 88.5 Å². The summed E-state index contributed by atoms with van der Waals surface area (Å²) in [5.41, 5.74) is -0.283. The number of ether oxygens (including phenoxy) is 1. The molecule has 0 saturated carbocycles. The molecule has 2 aromatic rings. The molecule has 12 heteroatoms. The Labute approximate surface area is 174 Å². The molecule has 0 unspecified atom stereocenters. The summed E-state index contributed by atoms with van der Waals surface area (Å²) in [7, 11) is 0. The third-order valence-electron chi connectivity index (χ3n) is 4.40. The van der Waals surface area contributed by atoms with Gasteiger partial charge in [0.05, 0.1) is 22.5 Å². The minimum Gasteiger partial charge on any atom is -0.451 e. The Balaban J connectivity index is 1.52. The minimum absolute atomic E-state index is 0.00115. The maximum atomic E-state index is 12.7. The fourth-order valence-corrected chi connectivity index (χ4v) is 3.06. The Hall–Kier alpha value is -2.95. The van der Waals surface area contributed by atoms with Gasteiger partial charge >= 0.3 is 12.1 Å². The molecule has 0 aliphatic carbocycles. The second-order valence-electron chi connectivity index (χ2n) is 6.51. The van der Waals surface area contributed by atoms with Crippen molar-refractivity contribution in [2.45, 2.75) is 13.1 Å². The van der Waals surface area contributed by atoms with E-state index in [2.05, 4.69) is 15.0 Å². The fourth-order valence-electron chi connectivity index (χ4n) is 2.78. The van der Waals surface area contributed by atoms with Crippen molar-refractivity contribution in [3.05, 3.63) is 46.6 Å². The van der Waals surface area contributed by atoms with E-state index in [1.807, 2.05) is 0 Å². The highest BCUT2D eigenvalue weighted by molar-refractivity contribution is 6.33. The van der Waals surface area contributed by atoms with E-state index in [9.17, 15) is 22.8 Å². The SMILES string of the molecule is Cc1cnc(C(=O)OCC(=O)N2CCN(c3ncc(C(F)(F)F)cc3Cl)CC2)cn1. The zero-order valence-electron chi connectivity index (χ0n) is 15.8. The van der Waals surface area contributed by atoms with Crippen molar-refractivity contribution in [1.82, 2.24) is 19.9 Å². The van der Waals surface area contributed by atoms with E-state index >= 15 is 0 Å². The summed E-state index contributed by atoms with van der Waals surface area (Å²) in [6.07, 6.45) is -1.12. The summed E-state index contributed by atoms with van der Waals surface area (Å²) in [5.74, 6) is -0.925. The third kappa shape index (κ3) is 5.15. The van der Waals surface area contributed by atoms with Gasteiger partial charge in [-0.2, -0.15) is 13.2 Å². The molecule has 1 amide bonds. The highest BCUT2D eigenvalue weighted by Crippen LogP contribution is 2.33. The van der Waals surface area contributed by atoms with Crippen LogP contribution in [0.1, 0.15) is 21.7 Å². The molecule has 0 aromatic carbocycles. The Bertz CT molecular complexity index is 932. The Morgan fingerprint density at radius 3 is 2.37 bits per heavy atom. The molecule has 2 aromatic heterocycles. The average Bonchev–Trinajstić information content (AvgIpc) is 2.71. The van der Waals surface area contributed by atoms with E-state index in [0.717, 1.165) is 12.3 Å². The normalized spacial score (nSPS) is 14.6. The van der Waals surface area contributed by atoms with E-state index in [-0.39, 0.29) is 29.6 Å². The fraction of sp³-hybridized carbons (Fsp3) is 0.389. The number of hydrogen-bond donors (Lipinski definition) is 0. The molecule has 1 saturated heterocycles. The van der Waals surface area contributed by atoms with Crippen molar-refractivity contribution in [1.29, 1.82) is 0 Å².